The molecule has 0 saturated carbocycles. The second kappa shape index (κ2) is 7.23. The van der Waals surface area contributed by atoms with Crippen LogP contribution in [0.5, 0.6) is 0 Å². The Bertz CT molecular complexity index is 705. The summed E-state index contributed by atoms with van der Waals surface area (Å²) in [6, 6.07) is 7.78. The summed E-state index contributed by atoms with van der Waals surface area (Å²) in [5.41, 5.74) is 1.26. The highest BCUT2D eigenvalue weighted by molar-refractivity contribution is 9.10. The first-order valence-electron chi connectivity index (χ1n) is 7.05. The summed E-state index contributed by atoms with van der Waals surface area (Å²) in [5, 5.41) is 7.70. The highest BCUT2D eigenvalue weighted by Crippen LogP contribution is 2.26. The lowest BCUT2D eigenvalue weighted by atomic mass is 9.96. The topological polar surface area (TPSA) is 71.1 Å². The number of rotatable bonds is 4. The summed E-state index contributed by atoms with van der Waals surface area (Å²) in [4.78, 5) is 28.0. The van der Waals surface area contributed by atoms with Gasteiger partial charge >= 0.3 is 0 Å². The Morgan fingerprint density at radius 2 is 1.87 bits per heavy atom. The van der Waals surface area contributed by atoms with Crippen LogP contribution in [-0.2, 0) is 9.59 Å². The van der Waals surface area contributed by atoms with Gasteiger partial charge in [0, 0.05) is 20.8 Å². The van der Waals surface area contributed by atoms with E-state index in [1.54, 1.807) is 20.8 Å². The number of benzene rings is 1. The minimum absolute atomic E-state index is 0.0662. The summed E-state index contributed by atoms with van der Waals surface area (Å²) >= 11 is 4.74. The van der Waals surface area contributed by atoms with Crippen LogP contribution in [0.25, 0.3) is 11.3 Å². The molecule has 122 valence electrons. The molecular weight excluding hydrogens is 378 g/mol. The molecule has 0 spiro atoms. The van der Waals surface area contributed by atoms with Gasteiger partial charge in [-0.25, -0.2) is 4.98 Å². The van der Waals surface area contributed by atoms with E-state index in [1.807, 2.05) is 29.6 Å². The third kappa shape index (κ3) is 5.14. The number of nitrogens with zero attached hydrogens (tertiary/aromatic N) is 1. The number of hydrogen-bond donors (Lipinski definition) is 2. The van der Waals surface area contributed by atoms with E-state index in [0.29, 0.717) is 5.13 Å². The highest BCUT2D eigenvalue weighted by Gasteiger charge is 2.21. The molecule has 7 heteroatoms. The Balaban J connectivity index is 1.93. The van der Waals surface area contributed by atoms with E-state index in [-0.39, 0.29) is 18.4 Å². The maximum absolute atomic E-state index is 11.9. The van der Waals surface area contributed by atoms with Gasteiger partial charge in [-0.05, 0) is 12.1 Å². The zero-order valence-electron chi connectivity index (χ0n) is 13.1. The molecule has 5 nitrogen and oxygen atoms in total. The van der Waals surface area contributed by atoms with Gasteiger partial charge in [0.25, 0.3) is 0 Å². The number of thiazole rings is 1. The molecule has 0 bridgehead atoms. The molecule has 1 aromatic carbocycles. The van der Waals surface area contributed by atoms with Gasteiger partial charge in [0.2, 0.25) is 11.8 Å². The van der Waals surface area contributed by atoms with Crippen molar-refractivity contribution in [3.63, 3.8) is 0 Å². The molecule has 2 rings (SSSR count). The molecule has 0 saturated heterocycles. The molecule has 0 radical (unpaired) electrons. The van der Waals surface area contributed by atoms with E-state index in [1.165, 1.54) is 11.3 Å². The molecule has 0 atom stereocenters. The van der Waals surface area contributed by atoms with Crippen LogP contribution in [-0.4, -0.2) is 23.3 Å². The molecule has 23 heavy (non-hydrogen) atoms. The summed E-state index contributed by atoms with van der Waals surface area (Å²) in [6.07, 6.45) is 0. The van der Waals surface area contributed by atoms with Gasteiger partial charge in [-0.3, -0.25) is 9.59 Å². The third-order valence-corrected chi connectivity index (χ3v) is 4.27. The Hall–Kier alpha value is -1.73. The first-order valence-corrected chi connectivity index (χ1v) is 8.72. The van der Waals surface area contributed by atoms with Crippen LogP contribution >= 0.6 is 27.3 Å². The van der Waals surface area contributed by atoms with Crippen molar-refractivity contribution in [2.45, 2.75) is 20.8 Å². The Labute approximate surface area is 147 Å². The lowest BCUT2D eigenvalue weighted by molar-refractivity contribution is -0.130. The van der Waals surface area contributed by atoms with Gasteiger partial charge in [-0.1, -0.05) is 48.8 Å². The minimum Gasteiger partial charge on any atom is -0.347 e. The molecule has 1 heterocycles. The van der Waals surface area contributed by atoms with Crippen LogP contribution < -0.4 is 10.6 Å². The van der Waals surface area contributed by atoms with Crippen LogP contribution in [0.3, 0.4) is 0 Å². The predicted molar refractivity (Wildman–Crippen MR) is 96.3 cm³/mol. The molecule has 0 unspecified atom stereocenters. The quantitative estimate of drug-likeness (QED) is 0.829. The zero-order valence-corrected chi connectivity index (χ0v) is 15.5. The maximum Gasteiger partial charge on any atom is 0.245 e. The predicted octanol–water partition coefficient (Wildman–Crippen LogP) is 3.67. The highest BCUT2D eigenvalue weighted by atomic mass is 79.9. The number of aromatic nitrogens is 1. The van der Waals surface area contributed by atoms with Crippen molar-refractivity contribution in [3.8, 4) is 11.3 Å². The fraction of sp³-hybridized carbons (Fsp3) is 0.312. The number of nitrogens with one attached hydrogen (secondary N) is 2. The van der Waals surface area contributed by atoms with Crippen LogP contribution in [0, 0.1) is 5.41 Å². The summed E-state index contributed by atoms with van der Waals surface area (Å²) in [7, 11) is 0. The van der Waals surface area contributed by atoms with Crippen LogP contribution in [0.15, 0.2) is 34.1 Å². The molecule has 0 aliphatic rings. The number of amides is 2. The molecule has 2 amide bonds. The number of hydrogen-bond acceptors (Lipinski definition) is 4. The van der Waals surface area contributed by atoms with E-state index < -0.39 is 5.41 Å². The van der Waals surface area contributed by atoms with Crippen molar-refractivity contribution >= 4 is 44.2 Å². The van der Waals surface area contributed by atoms with Gasteiger partial charge in [0.1, 0.15) is 0 Å². The second-order valence-corrected chi connectivity index (χ2v) is 7.80. The number of carbonyl (C=O) groups excluding carboxylic acids is 2. The monoisotopic (exact) mass is 395 g/mol. The largest absolute Gasteiger partial charge is 0.347 e. The van der Waals surface area contributed by atoms with Gasteiger partial charge in [-0.15, -0.1) is 11.3 Å². The molecule has 0 fully saturated rings. The summed E-state index contributed by atoms with van der Waals surface area (Å²) in [5.74, 6) is -0.457. The van der Waals surface area contributed by atoms with Crippen molar-refractivity contribution in [3.05, 3.63) is 34.1 Å². The Morgan fingerprint density at radius 1 is 1.22 bits per heavy atom. The standard InChI is InChI=1S/C16H18BrN3O2S/c1-16(2,3)14(22)18-8-13(21)20-15-19-12(9-23-15)10-4-6-11(17)7-5-10/h4-7,9H,8H2,1-3H3,(H,18,22)(H,19,20,21). The SMILES string of the molecule is CC(C)(C)C(=O)NCC(=O)Nc1nc(-c2ccc(Br)cc2)cs1. The molecule has 2 N–H and O–H groups in total. The van der Waals surface area contributed by atoms with Gasteiger partial charge in [-0.2, -0.15) is 0 Å². The lowest BCUT2D eigenvalue weighted by Gasteiger charge is -2.17. The minimum atomic E-state index is -0.518. The first-order chi connectivity index (χ1) is 10.8. The van der Waals surface area contributed by atoms with Gasteiger partial charge in [0.05, 0.1) is 12.2 Å². The number of halogens is 1. The van der Waals surface area contributed by atoms with Crippen molar-refractivity contribution < 1.29 is 9.59 Å². The zero-order chi connectivity index (χ0) is 17.0. The Morgan fingerprint density at radius 3 is 2.48 bits per heavy atom. The molecule has 1 aromatic heterocycles. The van der Waals surface area contributed by atoms with Crippen molar-refractivity contribution in [1.29, 1.82) is 0 Å². The first kappa shape index (κ1) is 17.6. The summed E-state index contributed by atoms with van der Waals surface area (Å²) < 4.78 is 1.000. The maximum atomic E-state index is 11.9. The molecule has 0 aliphatic carbocycles. The number of carbonyl (C=O) groups is 2. The van der Waals surface area contributed by atoms with E-state index in [0.717, 1.165) is 15.7 Å². The van der Waals surface area contributed by atoms with Crippen LogP contribution in [0.1, 0.15) is 20.8 Å². The molecular formula is C16H18BrN3O2S. The lowest BCUT2D eigenvalue weighted by Crippen LogP contribution is -2.39. The molecule has 0 aliphatic heterocycles. The van der Waals surface area contributed by atoms with E-state index in [2.05, 4.69) is 31.5 Å². The van der Waals surface area contributed by atoms with Crippen LogP contribution in [0.2, 0.25) is 0 Å². The number of anilines is 1. The average molecular weight is 396 g/mol. The van der Waals surface area contributed by atoms with Crippen molar-refractivity contribution in [2.24, 2.45) is 5.41 Å². The normalized spacial score (nSPS) is 11.1. The Kier molecular flexibility index (Phi) is 5.54. The van der Waals surface area contributed by atoms with Gasteiger partial charge < -0.3 is 10.6 Å². The van der Waals surface area contributed by atoms with E-state index in [4.69, 9.17) is 0 Å². The van der Waals surface area contributed by atoms with Crippen molar-refractivity contribution in [1.82, 2.24) is 10.3 Å². The van der Waals surface area contributed by atoms with E-state index in [9.17, 15) is 9.59 Å². The van der Waals surface area contributed by atoms with Gasteiger partial charge in [0.15, 0.2) is 5.13 Å². The van der Waals surface area contributed by atoms with Crippen molar-refractivity contribution in [2.75, 3.05) is 11.9 Å². The fourth-order valence-electron chi connectivity index (χ4n) is 1.67. The van der Waals surface area contributed by atoms with E-state index >= 15 is 0 Å². The third-order valence-electron chi connectivity index (χ3n) is 2.98. The molecule has 2 aromatic rings. The second-order valence-electron chi connectivity index (χ2n) is 6.03. The average Bonchev–Trinajstić information content (AvgIpc) is 2.93. The summed E-state index contributed by atoms with van der Waals surface area (Å²) in [6.45, 7) is 5.33. The fourth-order valence-corrected chi connectivity index (χ4v) is 2.67. The van der Waals surface area contributed by atoms with Crippen LogP contribution in [0.4, 0.5) is 5.13 Å². The smallest absolute Gasteiger partial charge is 0.245 e.